The van der Waals surface area contributed by atoms with E-state index in [4.69, 9.17) is 14.5 Å². The highest BCUT2D eigenvalue weighted by Gasteiger charge is 2.43. The predicted molar refractivity (Wildman–Crippen MR) is 139 cm³/mol. The van der Waals surface area contributed by atoms with E-state index in [9.17, 15) is 28.6 Å². The molecule has 0 saturated carbocycles. The minimum atomic E-state index is -5.66. The van der Waals surface area contributed by atoms with Gasteiger partial charge in [0.2, 0.25) is 0 Å². The highest BCUT2D eigenvalue weighted by molar-refractivity contribution is 7.66. The third-order valence-corrected chi connectivity index (χ3v) is 11.4. The van der Waals surface area contributed by atoms with E-state index in [1.165, 1.54) is 6.33 Å². The Balaban J connectivity index is 1.28. The van der Waals surface area contributed by atoms with Gasteiger partial charge in [-0.1, -0.05) is 6.07 Å². The van der Waals surface area contributed by atoms with Gasteiger partial charge in [-0.05, 0) is 29.6 Å². The first-order valence-electron chi connectivity index (χ1n) is 10.9. The summed E-state index contributed by atoms with van der Waals surface area (Å²) in [5, 5.41) is 12.4. The zero-order valence-electron chi connectivity index (χ0n) is 19.4. The van der Waals surface area contributed by atoms with E-state index in [2.05, 4.69) is 23.1 Å². The first kappa shape index (κ1) is 28.9. The van der Waals surface area contributed by atoms with E-state index in [1.807, 2.05) is 35.7 Å². The summed E-state index contributed by atoms with van der Waals surface area (Å²) in [6.07, 6.45) is 0.00547. The monoisotopic (exact) mass is 639 g/mol. The summed E-state index contributed by atoms with van der Waals surface area (Å²) >= 11 is 3.25. The summed E-state index contributed by atoms with van der Waals surface area (Å²) in [4.78, 5) is 48.3. The number of thiophene rings is 2. The maximum absolute atomic E-state index is 12.0. The van der Waals surface area contributed by atoms with Gasteiger partial charge in [0.1, 0.15) is 17.8 Å². The van der Waals surface area contributed by atoms with Crippen LogP contribution < -0.4 is 0 Å². The topological polar surface area (TPSA) is 220 Å². The van der Waals surface area contributed by atoms with E-state index >= 15 is 0 Å². The van der Waals surface area contributed by atoms with Gasteiger partial charge in [-0.15, -0.1) is 22.7 Å². The van der Waals surface area contributed by atoms with Gasteiger partial charge in [-0.25, -0.2) is 23.7 Å². The maximum atomic E-state index is 12.0. The number of rotatable bonds is 10. The molecule has 0 aromatic carbocycles. The molecular formula is C19H20N3O12P3S2. The summed E-state index contributed by atoms with van der Waals surface area (Å²) in [5.41, 5.74) is 1.94. The Kier molecular flexibility index (Phi) is 8.12. The second kappa shape index (κ2) is 11.0. The molecule has 1 aliphatic heterocycles. The number of phosphoric acid groups is 3. The van der Waals surface area contributed by atoms with Crippen molar-refractivity contribution in [2.45, 2.75) is 24.9 Å². The lowest BCUT2D eigenvalue weighted by Crippen LogP contribution is -2.26. The molecule has 0 spiro atoms. The Bertz CT molecular complexity index is 1620. The SMILES string of the molecule is O=P(O)(O)OP(=O)(O)OP(=O)(O)OC[C@H]1O[C@@H](n2cnc3c(-c4ccc(-c5cccs5)s4)ccnc32)C[C@H]1O. The van der Waals surface area contributed by atoms with Crippen LogP contribution in [0.5, 0.6) is 0 Å². The Labute approximate surface area is 227 Å². The number of imidazole rings is 1. The lowest BCUT2D eigenvalue weighted by Gasteiger charge is -2.19. The minimum absolute atomic E-state index is 0.0311. The van der Waals surface area contributed by atoms with Gasteiger partial charge in [0.05, 0.1) is 19.0 Å². The standard InChI is InChI=1S/C19H20N3O12P3S2/c23-12-8-17(32-13(12)9-31-36(27,28)34-37(29,30)33-35(24,25)26)22-10-21-18-11(5-6-20-19(18)22)14-3-4-16(39-14)15-2-1-7-38-15/h1-7,10,12-13,17,23H,8-9H2,(H,27,28)(H,29,30)(H2,24,25,26)/t12-,13-,17-/m1/s1. The maximum Gasteiger partial charge on any atom is 0.490 e. The Morgan fingerprint density at radius 1 is 1.00 bits per heavy atom. The molecule has 0 aliphatic carbocycles. The summed E-state index contributed by atoms with van der Waals surface area (Å²) in [6, 6.07) is 9.91. The van der Waals surface area contributed by atoms with Gasteiger partial charge < -0.3 is 29.4 Å². The van der Waals surface area contributed by atoms with E-state index < -0.39 is 48.5 Å². The van der Waals surface area contributed by atoms with Crippen LogP contribution in [0.15, 0.2) is 48.2 Å². The molecule has 0 amide bonds. The molecular weight excluding hydrogens is 619 g/mol. The fraction of sp³-hybridized carbons (Fsp3) is 0.263. The van der Waals surface area contributed by atoms with E-state index in [0.29, 0.717) is 11.2 Å². The van der Waals surface area contributed by atoms with Crippen molar-refractivity contribution in [3.05, 3.63) is 48.2 Å². The molecule has 4 aromatic rings. The molecule has 1 saturated heterocycles. The molecule has 1 aliphatic rings. The Hall–Kier alpha value is -1.65. The van der Waals surface area contributed by atoms with Crippen LogP contribution >= 0.6 is 46.1 Å². The molecule has 20 heteroatoms. The molecule has 0 radical (unpaired) electrons. The zero-order chi connectivity index (χ0) is 28.0. The molecule has 4 aromatic heterocycles. The van der Waals surface area contributed by atoms with Crippen molar-refractivity contribution in [1.82, 2.24) is 14.5 Å². The molecule has 0 bridgehead atoms. The highest BCUT2D eigenvalue weighted by Crippen LogP contribution is 2.66. The second-order valence-corrected chi connectivity index (χ2v) is 14.6. The first-order chi connectivity index (χ1) is 18.3. The fourth-order valence-corrected chi connectivity index (χ4v) is 8.78. The van der Waals surface area contributed by atoms with Crippen molar-refractivity contribution in [2.24, 2.45) is 0 Å². The number of nitrogens with zero attached hydrogens (tertiary/aromatic N) is 3. The van der Waals surface area contributed by atoms with Gasteiger partial charge in [0.15, 0.2) is 5.65 Å². The van der Waals surface area contributed by atoms with Gasteiger partial charge in [-0.3, -0.25) is 9.09 Å². The number of phosphoric ester groups is 1. The quantitative estimate of drug-likeness (QED) is 0.156. The fourth-order valence-electron chi connectivity index (χ4n) is 3.88. The summed E-state index contributed by atoms with van der Waals surface area (Å²) in [7, 11) is -16.5. The molecule has 5 heterocycles. The predicted octanol–water partition coefficient (Wildman–Crippen LogP) is 3.88. The molecule has 5 N–H and O–H groups in total. The van der Waals surface area contributed by atoms with Crippen LogP contribution in [0.4, 0.5) is 0 Å². The van der Waals surface area contributed by atoms with E-state index in [1.54, 1.807) is 33.4 Å². The normalized spacial score (nSPS) is 23.2. The Morgan fingerprint density at radius 2 is 1.77 bits per heavy atom. The number of aliphatic hydroxyl groups excluding tert-OH is 1. The Morgan fingerprint density at radius 3 is 2.49 bits per heavy atom. The van der Waals surface area contributed by atoms with E-state index in [-0.39, 0.29) is 6.42 Å². The number of pyridine rings is 1. The van der Waals surface area contributed by atoms with Crippen molar-refractivity contribution in [3.8, 4) is 20.2 Å². The number of aromatic nitrogens is 3. The van der Waals surface area contributed by atoms with Crippen LogP contribution in [0.25, 0.3) is 31.4 Å². The van der Waals surface area contributed by atoms with Crippen LogP contribution in [-0.2, 0) is 31.6 Å². The van der Waals surface area contributed by atoms with E-state index in [0.717, 1.165) is 20.2 Å². The average Bonchev–Trinajstić information content (AvgIpc) is 3.61. The zero-order valence-corrected chi connectivity index (χ0v) is 23.7. The summed E-state index contributed by atoms with van der Waals surface area (Å²) in [6.45, 7) is -0.770. The number of fused-ring (bicyclic) bond motifs is 1. The third kappa shape index (κ3) is 6.81. The molecule has 5 atom stereocenters. The van der Waals surface area contributed by atoms with Crippen LogP contribution in [-0.4, -0.2) is 58.0 Å². The third-order valence-electron chi connectivity index (χ3n) is 5.43. The van der Waals surface area contributed by atoms with Gasteiger partial charge in [0, 0.05) is 32.8 Å². The van der Waals surface area contributed by atoms with Crippen LogP contribution in [0, 0.1) is 0 Å². The molecule has 39 heavy (non-hydrogen) atoms. The number of aliphatic hydroxyl groups is 1. The van der Waals surface area contributed by atoms with Crippen LogP contribution in [0.1, 0.15) is 12.6 Å². The van der Waals surface area contributed by atoms with Gasteiger partial charge >= 0.3 is 23.5 Å². The van der Waals surface area contributed by atoms with Gasteiger partial charge in [-0.2, -0.15) is 8.62 Å². The lowest BCUT2D eigenvalue weighted by atomic mass is 10.2. The summed E-state index contributed by atoms with van der Waals surface area (Å²) < 4.78 is 53.5. The first-order valence-corrected chi connectivity index (χ1v) is 17.1. The van der Waals surface area contributed by atoms with Gasteiger partial charge in [0.25, 0.3) is 0 Å². The van der Waals surface area contributed by atoms with Crippen molar-refractivity contribution < 1.29 is 56.3 Å². The van der Waals surface area contributed by atoms with Crippen LogP contribution in [0.3, 0.4) is 0 Å². The molecule has 210 valence electrons. The highest BCUT2D eigenvalue weighted by atomic mass is 32.1. The van der Waals surface area contributed by atoms with Crippen molar-refractivity contribution in [3.63, 3.8) is 0 Å². The minimum Gasteiger partial charge on any atom is -0.390 e. The smallest absolute Gasteiger partial charge is 0.390 e. The lowest BCUT2D eigenvalue weighted by molar-refractivity contribution is -0.0423. The summed E-state index contributed by atoms with van der Waals surface area (Å²) in [5.74, 6) is 0. The van der Waals surface area contributed by atoms with Crippen molar-refractivity contribution in [1.29, 1.82) is 0 Å². The largest absolute Gasteiger partial charge is 0.490 e. The number of hydrogen-bond acceptors (Lipinski definition) is 12. The molecule has 5 rings (SSSR count). The average molecular weight is 639 g/mol. The molecule has 15 nitrogen and oxygen atoms in total. The van der Waals surface area contributed by atoms with Crippen molar-refractivity contribution in [2.75, 3.05) is 6.61 Å². The molecule has 2 unspecified atom stereocenters. The number of hydrogen-bond donors (Lipinski definition) is 5. The van der Waals surface area contributed by atoms with Crippen LogP contribution in [0.2, 0.25) is 0 Å². The number of ether oxygens (including phenoxy) is 1. The second-order valence-electron chi connectivity index (χ2n) is 8.14. The molecule has 1 fully saturated rings. The van der Waals surface area contributed by atoms with Crippen molar-refractivity contribution >= 4 is 57.3 Å².